The largest absolute Gasteiger partial charge is 0.388 e. The molecule has 0 saturated heterocycles. The number of aliphatic hydroxyl groups is 1. The van der Waals surface area contributed by atoms with Crippen molar-refractivity contribution in [2.45, 2.75) is 39.3 Å². The van der Waals surface area contributed by atoms with Gasteiger partial charge in [-0.2, -0.15) is 5.10 Å². The van der Waals surface area contributed by atoms with Gasteiger partial charge in [-0.05, 0) is 44.0 Å². The van der Waals surface area contributed by atoms with Crippen molar-refractivity contribution in [2.75, 3.05) is 0 Å². The van der Waals surface area contributed by atoms with Gasteiger partial charge in [0.2, 0.25) is 0 Å². The Kier molecular flexibility index (Phi) is 4.37. The number of halogens is 1. The molecule has 0 radical (unpaired) electrons. The Labute approximate surface area is 121 Å². The first kappa shape index (κ1) is 14.2. The van der Waals surface area contributed by atoms with Crippen molar-refractivity contribution in [1.29, 1.82) is 0 Å². The summed E-state index contributed by atoms with van der Waals surface area (Å²) in [4.78, 5) is 4.23. The lowest BCUT2D eigenvalue weighted by molar-refractivity contribution is 0.173. The van der Waals surface area contributed by atoms with Crippen molar-refractivity contribution in [3.63, 3.8) is 0 Å². The molecule has 0 aliphatic rings. The standard InChI is InChI=1S/C14H18BrN3O/c1-9(2)18-14(16-8-17-18)7-13(19)11-4-10(3)5-12(15)6-11/h4-6,8-9,13,19H,7H2,1-3H3. The van der Waals surface area contributed by atoms with Crippen molar-refractivity contribution in [3.05, 3.63) is 46.0 Å². The number of hydrogen-bond acceptors (Lipinski definition) is 3. The number of nitrogens with zero attached hydrogens (tertiary/aromatic N) is 3. The number of rotatable bonds is 4. The molecule has 1 unspecified atom stereocenters. The molecule has 0 amide bonds. The van der Waals surface area contributed by atoms with Crippen LogP contribution in [0.3, 0.4) is 0 Å². The Morgan fingerprint density at radius 1 is 1.32 bits per heavy atom. The SMILES string of the molecule is Cc1cc(Br)cc(C(O)Cc2ncnn2C(C)C)c1. The molecule has 0 fully saturated rings. The molecule has 0 bridgehead atoms. The number of aliphatic hydroxyl groups excluding tert-OH is 1. The maximum Gasteiger partial charge on any atom is 0.138 e. The number of hydrogen-bond donors (Lipinski definition) is 1. The molecule has 1 heterocycles. The van der Waals surface area contributed by atoms with Crippen molar-refractivity contribution in [2.24, 2.45) is 0 Å². The lowest BCUT2D eigenvalue weighted by Gasteiger charge is -2.14. The van der Waals surface area contributed by atoms with Crippen molar-refractivity contribution >= 4 is 15.9 Å². The summed E-state index contributed by atoms with van der Waals surface area (Å²) in [6.07, 6.45) is 1.43. The zero-order valence-corrected chi connectivity index (χ0v) is 12.9. The molecule has 102 valence electrons. The van der Waals surface area contributed by atoms with Crippen molar-refractivity contribution in [1.82, 2.24) is 14.8 Å². The highest BCUT2D eigenvalue weighted by Crippen LogP contribution is 2.23. The number of benzene rings is 1. The molecule has 0 aliphatic heterocycles. The predicted octanol–water partition coefficient (Wildman–Crippen LogP) is 3.21. The van der Waals surface area contributed by atoms with E-state index in [1.165, 1.54) is 6.33 Å². The summed E-state index contributed by atoms with van der Waals surface area (Å²) < 4.78 is 2.82. The van der Waals surface area contributed by atoms with Gasteiger partial charge in [-0.3, -0.25) is 0 Å². The van der Waals surface area contributed by atoms with Crippen LogP contribution in [0.5, 0.6) is 0 Å². The van der Waals surface area contributed by atoms with Crippen LogP contribution < -0.4 is 0 Å². The maximum absolute atomic E-state index is 10.3. The van der Waals surface area contributed by atoms with Crippen molar-refractivity contribution < 1.29 is 5.11 Å². The van der Waals surface area contributed by atoms with Crippen LogP contribution in [-0.4, -0.2) is 19.9 Å². The van der Waals surface area contributed by atoms with Gasteiger partial charge in [0.1, 0.15) is 12.2 Å². The van der Waals surface area contributed by atoms with Crippen LogP contribution in [0.4, 0.5) is 0 Å². The minimum atomic E-state index is -0.571. The highest BCUT2D eigenvalue weighted by Gasteiger charge is 2.15. The first-order chi connectivity index (χ1) is 8.97. The molecule has 1 aromatic carbocycles. The van der Waals surface area contributed by atoms with Crippen molar-refractivity contribution in [3.8, 4) is 0 Å². The zero-order valence-electron chi connectivity index (χ0n) is 11.3. The highest BCUT2D eigenvalue weighted by molar-refractivity contribution is 9.10. The molecular formula is C14H18BrN3O. The third-order valence-corrected chi connectivity index (χ3v) is 3.42. The highest BCUT2D eigenvalue weighted by atomic mass is 79.9. The van der Waals surface area contributed by atoms with Crippen LogP contribution in [0.25, 0.3) is 0 Å². The fourth-order valence-electron chi connectivity index (χ4n) is 2.10. The van der Waals surface area contributed by atoms with E-state index in [0.717, 1.165) is 21.4 Å². The quantitative estimate of drug-likeness (QED) is 0.939. The molecule has 2 rings (SSSR count). The van der Waals surface area contributed by atoms with Gasteiger partial charge >= 0.3 is 0 Å². The van der Waals surface area contributed by atoms with E-state index in [1.54, 1.807) is 0 Å². The average Bonchev–Trinajstić information content (AvgIpc) is 2.75. The summed E-state index contributed by atoms with van der Waals surface area (Å²) in [5, 5.41) is 14.5. The summed E-state index contributed by atoms with van der Waals surface area (Å²) in [6, 6.07) is 6.19. The number of aryl methyl sites for hydroxylation is 1. The van der Waals surface area contributed by atoms with Crippen LogP contribution in [0, 0.1) is 6.92 Å². The van der Waals surface area contributed by atoms with Gasteiger partial charge in [0, 0.05) is 16.9 Å². The molecule has 1 N–H and O–H groups in total. The molecular weight excluding hydrogens is 306 g/mol. The molecule has 2 aromatic rings. The topological polar surface area (TPSA) is 50.9 Å². The molecule has 5 heteroatoms. The Morgan fingerprint density at radius 3 is 2.68 bits per heavy atom. The predicted molar refractivity (Wildman–Crippen MR) is 77.9 cm³/mol. The molecule has 0 aliphatic carbocycles. The second kappa shape index (κ2) is 5.84. The van der Waals surface area contributed by atoms with E-state index in [2.05, 4.69) is 26.0 Å². The summed E-state index contributed by atoms with van der Waals surface area (Å²) in [5.41, 5.74) is 2.01. The van der Waals surface area contributed by atoms with Gasteiger partial charge < -0.3 is 5.11 Å². The molecule has 0 spiro atoms. The van der Waals surface area contributed by atoms with E-state index in [0.29, 0.717) is 6.42 Å². The Bertz CT molecular complexity index is 545. The minimum absolute atomic E-state index is 0.244. The van der Waals surface area contributed by atoms with Crippen LogP contribution in [0.15, 0.2) is 29.0 Å². The molecule has 1 aromatic heterocycles. The van der Waals surface area contributed by atoms with Crippen LogP contribution >= 0.6 is 15.9 Å². The van der Waals surface area contributed by atoms with Gasteiger partial charge in [-0.1, -0.05) is 22.0 Å². The second-order valence-corrected chi connectivity index (χ2v) is 5.91. The summed E-state index contributed by atoms with van der Waals surface area (Å²) in [5.74, 6) is 0.806. The minimum Gasteiger partial charge on any atom is -0.388 e. The summed E-state index contributed by atoms with van der Waals surface area (Å²) in [7, 11) is 0. The molecule has 1 atom stereocenters. The first-order valence-electron chi connectivity index (χ1n) is 6.31. The van der Waals surface area contributed by atoms with Crippen LogP contribution in [0.1, 0.15) is 42.9 Å². The summed E-state index contributed by atoms with van der Waals surface area (Å²) >= 11 is 3.45. The van der Waals surface area contributed by atoms with Gasteiger partial charge in [0.25, 0.3) is 0 Å². The van der Waals surface area contributed by atoms with Gasteiger partial charge in [-0.25, -0.2) is 9.67 Å². The molecule has 4 nitrogen and oxygen atoms in total. The van der Waals surface area contributed by atoms with E-state index in [4.69, 9.17) is 0 Å². The molecule has 0 saturated carbocycles. The monoisotopic (exact) mass is 323 g/mol. The fourth-order valence-corrected chi connectivity index (χ4v) is 2.72. The van der Waals surface area contributed by atoms with E-state index in [-0.39, 0.29) is 6.04 Å². The van der Waals surface area contributed by atoms with Crippen LogP contribution in [-0.2, 0) is 6.42 Å². The lowest BCUT2D eigenvalue weighted by atomic mass is 10.0. The van der Waals surface area contributed by atoms with Gasteiger partial charge in [0.05, 0.1) is 6.10 Å². The van der Waals surface area contributed by atoms with E-state index in [1.807, 2.05) is 43.7 Å². The molecule has 19 heavy (non-hydrogen) atoms. The van der Waals surface area contributed by atoms with Gasteiger partial charge in [-0.15, -0.1) is 0 Å². The third-order valence-electron chi connectivity index (χ3n) is 2.96. The summed E-state index contributed by atoms with van der Waals surface area (Å²) in [6.45, 7) is 6.11. The van der Waals surface area contributed by atoms with Gasteiger partial charge in [0.15, 0.2) is 0 Å². The van der Waals surface area contributed by atoms with E-state index < -0.39 is 6.10 Å². The number of aromatic nitrogens is 3. The normalized spacial score (nSPS) is 12.9. The first-order valence-corrected chi connectivity index (χ1v) is 7.10. The van der Waals surface area contributed by atoms with E-state index >= 15 is 0 Å². The lowest BCUT2D eigenvalue weighted by Crippen LogP contribution is -2.12. The fraction of sp³-hybridized carbons (Fsp3) is 0.429. The Balaban J connectivity index is 2.20. The zero-order chi connectivity index (χ0) is 14.0. The van der Waals surface area contributed by atoms with E-state index in [9.17, 15) is 5.11 Å². The Morgan fingerprint density at radius 2 is 2.05 bits per heavy atom. The third kappa shape index (κ3) is 3.42. The average molecular weight is 324 g/mol. The van der Waals surface area contributed by atoms with Crippen LogP contribution in [0.2, 0.25) is 0 Å². The smallest absolute Gasteiger partial charge is 0.138 e. The maximum atomic E-state index is 10.3. The second-order valence-electron chi connectivity index (χ2n) is 5.00. The Hall–Kier alpha value is -1.20.